The van der Waals surface area contributed by atoms with E-state index >= 15 is 0 Å². The molecule has 86 valence electrons. The van der Waals surface area contributed by atoms with Crippen molar-refractivity contribution in [3.8, 4) is 6.07 Å². The van der Waals surface area contributed by atoms with Gasteiger partial charge in [0.25, 0.3) is 5.91 Å². The van der Waals surface area contributed by atoms with Crippen molar-refractivity contribution in [1.29, 1.82) is 5.26 Å². The van der Waals surface area contributed by atoms with Gasteiger partial charge in [0, 0.05) is 13.1 Å². The number of hydrogen-bond acceptors (Lipinski definition) is 4. The third kappa shape index (κ3) is 3.83. The third-order valence-electron chi connectivity index (χ3n) is 1.75. The van der Waals surface area contributed by atoms with Gasteiger partial charge in [-0.3, -0.25) is 4.79 Å². The highest BCUT2D eigenvalue weighted by Crippen LogP contribution is 2.21. The fourth-order valence-corrected chi connectivity index (χ4v) is 1.91. The summed E-state index contributed by atoms with van der Waals surface area (Å²) in [5, 5.41) is 9.43. The molecule has 0 saturated carbocycles. The van der Waals surface area contributed by atoms with E-state index < -0.39 is 5.91 Å². The second-order valence-electron chi connectivity index (χ2n) is 2.84. The summed E-state index contributed by atoms with van der Waals surface area (Å²) >= 11 is 1.31. The van der Waals surface area contributed by atoms with Crippen molar-refractivity contribution < 1.29 is 4.79 Å². The number of thioether (sulfide) groups is 1. The minimum Gasteiger partial charge on any atom is -0.365 e. The minimum atomic E-state index is -0.718. The molecule has 0 spiro atoms. The number of primary amides is 1. The summed E-state index contributed by atoms with van der Waals surface area (Å²) in [5.74, 6) is -0.718. The van der Waals surface area contributed by atoms with Crippen molar-refractivity contribution in [3.05, 3.63) is 35.9 Å². The number of nitriles is 1. The zero-order chi connectivity index (χ0) is 12.6. The first-order valence-electron chi connectivity index (χ1n) is 4.57. The number of hydrogen-bond donors (Lipinski definition) is 1. The molecule has 0 atom stereocenters. The third-order valence-corrected chi connectivity index (χ3v) is 2.60. The van der Waals surface area contributed by atoms with Gasteiger partial charge in [-0.2, -0.15) is 5.26 Å². The SMILES string of the molecule is C=CCN(CC=C)/C(SC)=C(\C#N)C(N)=O. The minimum absolute atomic E-state index is 0.0313. The first kappa shape index (κ1) is 14.3. The average Bonchev–Trinajstić information content (AvgIpc) is 2.25. The van der Waals surface area contributed by atoms with E-state index in [1.807, 2.05) is 11.0 Å². The summed E-state index contributed by atoms with van der Waals surface area (Å²) < 4.78 is 0. The Kier molecular flexibility index (Phi) is 6.81. The summed E-state index contributed by atoms with van der Waals surface area (Å²) in [7, 11) is 0. The topological polar surface area (TPSA) is 70.1 Å². The van der Waals surface area contributed by atoms with Gasteiger partial charge >= 0.3 is 0 Å². The Morgan fingerprint density at radius 1 is 1.50 bits per heavy atom. The number of nitrogens with two attached hydrogens (primary N) is 1. The molecule has 0 unspecified atom stereocenters. The number of amides is 1. The average molecular weight is 237 g/mol. The maximum absolute atomic E-state index is 11.1. The smallest absolute Gasteiger partial charge is 0.262 e. The van der Waals surface area contributed by atoms with Gasteiger partial charge in [-0.1, -0.05) is 12.2 Å². The van der Waals surface area contributed by atoms with Crippen LogP contribution in [0.1, 0.15) is 0 Å². The monoisotopic (exact) mass is 237 g/mol. The summed E-state index contributed by atoms with van der Waals surface area (Å²) in [6.45, 7) is 8.30. The van der Waals surface area contributed by atoms with E-state index in [4.69, 9.17) is 11.0 Å². The van der Waals surface area contributed by atoms with Crippen LogP contribution < -0.4 is 5.73 Å². The van der Waals surface area contributed by atoms with E-state index in [0.717, 1.165) is 0 Å². The largest absolute Gasteiger partial charge is 0.365 e. The lowest BCUT2D eigenvalue weighted by molar-refractivity contribution is -0.114. The molecule has 5 heteroatoms. The molecule has 0 heterocycles. The van der Waals surface area contributed by atoms with E-state index in [1.165, 1.54) is 11.8 Å². The molecular weight excluding hydrogens is 222 g/mol. The zero-order valence-corrected chi connectivity index (χ0v) is 10.1. The van der Waals surface area contributed by atoms with Crippen LogP contribution in [0.25, 0.3) is 0 Å². The van der Waals surface area contributed by atoms with Gasteiger partial charge in [0.1, 0.15) is 11.6 Å². The second-order valence-corrected chi connectivity index (χ2v) is 3.64. The summed E-state index contributed by atoms with van der Waals surface area (Å²) in [4.78, 5) is 12.9. The summed E-state index contributed by atoms with van der Waals surface area (Å²) in [6, 6.07) is 1.82. The van der Waals surface area contributed by atoms with Gasteiger partial charge in [-0.25, -0.2) is 0 Å². The van der Waals surface area contributed by atoms with Crippen LogP contribution in [-0.2, 0) is 4.79 Å². The molecule has 0 saturated heterocycles. The molecule has 0 aliphatic carbocycles. The van der Waals surface area contributed by atoms with Gasteiger partial charge in [0.05, 0.1) is 5.03 Å². The van der Waals surface area contributed by atoms with Gasteiger partial charge in [-0.05, 0) is 6.26 Å². The van der Waals surface area contributed by atoms with Gasteiger partial charge < -0.3 is 10.6 Å². The predicted octanol–water partition coefficient (Wildman–Crippen LogP) is 1.24. The van der Waals surface area contributed by atoms with Crippen LogP contribution in [0.5, 0.6) is 0 Å². The molecule has 0 fully saturated rings. The van der Waals surface area contributed by atoms with Crippen LogP contribution in [0.4, 0.5) is 0 Å². The molecule has 0 aromatic heterocycles. The molecule has 16 heavy (non-hydrogen) atoms. The highest BCUT2D eigenvalue weighted by atomic mass is 32.2. The normalized spacial score (nSPS) is 11.0. The second kappa shape index (κ2) is 7.60. The Balaban J connectivity index is 5.33. The fourth-order valence-electron chi connectivity index (χ4n) is 1.15. The Morgan fingerprint density at radius 3 is 2.25 bits per heavy atom. The van der Waals surface area contributed by atoms with Crippen LogP contribution in [0.2, 0.25) is 0 Å². The lowest BCUT2D eigenvalue weighted by Gasteiger charge is -2.23. The number of carbonyl (C=O) groups excluding carboxylic acids is 1. The predicted molar refractivity (Wildman–Crippen MR) is 67.3 cm³/mol. The van der Waals surface area contributed by atoms with Crippen molar-refractivity contribution in [3.63, 3.8) is 0 Å². The number of rotatable bonds is 7. The zero-order valence-electron chi connectivity index (χ0n) is 9.27. The quantitative estimate of drug-likeness (QED) is 0.411. The molecule has 0 aliphatic heterocycles. The van der Waals surface area contributed by atoms with Crippen LogP contribution in [0, 0.1) is 11.3 Å². The first-order valence-corrected chi connectivity index (χ1v) is 5.79. The number of nitrogens with zero attached hydrogens (tertiary/aromatic N) is 2. The van der Waals surface area contributed by atoms with Crippen LogP contribution in [0.15, 0.2) is 35.9 Å². The van der Waals surface area contributed by atoms with Gasteiger partial charge in [0.2, 0.25) is 0 Å². The Labute approximate surface area is 100 Å². The number of carbonyl (C=O) groups is 1. The lowest BCUT2D eigenvalue weighted by Crippen LogP contribution is -2.26. The molecule has 2 N–H and O–H groups in total. The van der Waals surface area contributed by atoms with Crippen molar-refractivity contribution in [2.75, 3.05) is 19.3 Å². The van der Waals surface area contributed by atoms with E-state index in [2.05, 4.69) is 13.2 Å². The van der Waals surface area contributed by atoms with Crippen molar-refractivity contribution in [1.82, 2.24) is 4.90 Å². The molecule has 0 rings (SSSR count). The van der Waals surface area contributed by atoms with Crippen LogP contribution in [-0.4, -0.2) is 30.2 Å². The molecule has 0 bridgehead atoms. The van der Waals surface area contributed by atoms with E-state index in [9.17, 15) is 4.79 Å². The first-order chi connectivity index (χ1) is 7.62. The van der Waals surface area contributed by atoms with Gasteiger partial charge in [-0.15, -0.1) is 24.9 Å². The van der Waals surface area contributed by atoms with Crippen molar-refractivity contribution in [2.24, 2.45) is 5.73 Å². The lowest BCUT2D eigenvalue weighted by atomic mass is 10.3. The molecule has 4 nitrogen and oxygen atoms in total. The highest BCUT2D eigenvalue weighted by molar-refractivity contribution is 8.02. The van der Waals surface area contributed by atoms with E-state index in [0.29, 0.717) is 18.1 Å². The maximum Gasteiger partial charge on any atom is 0.262 e. The van der Waals surface area contributed by atoms with Gasteiger partial charge in [0.15, 0.2) is 0 Å². The molecular formula is C11H15N3OS. The van der Waals surface area contributed by atoms with Crippen LogP contribution in [0.3, 0.4) is 0 Å². The summed E-state index contributed by atoms with van der Waals surface area (Å²) in [5.41, 5.74) is 5.11. The Morgan fingerprint density at radius 2 is 2.00 bits per heavy atom. The highest BCUT2D eigenvalue weighted by Gasteiger charge is 2.16. The maximum atomic E-state index is 11.1. The molecule has 0 aliphatic rings. The molecule has 0 aromatic rings. The molecule has 0 radical (unpaired) electrons. The Hall–Kier alpha value is -1.67. The standard InChI is InChI=1S/C11H15N3OS/c1-4-6-14(7-5-2)11(16-3)9(8-12)10(13)15/h4-5H,1-2,6-7H2,3H3,(H2,13,15)/b11-9-. The molecule has 0 aromatic carbocycles. The van der Waals surface area contributed by atoms with E-state index in [1.54, 1.807) is 18.4 Å². The van der Waals surface area contributed by atoms with E-state index in [-0.39, 0.29) is 5.57 Å². The summed E-state index contributed by atoms with van der Waals surface area (Å²) in [6.07, 6.45) is 5.17. The molecule has 1 amide bonds. The fraction of sp³-hybridized carbons (Fsp3) is 0.273. The van der Waals surface area contributed by atoms with Crippen LogP contribution >= 0.6 is 11.8 Å². The van der Waals surface area contributed by atoms with Crippen molar-refractivity contribution >= 4 is 17.7 Å². The van der Waals surface area contributed by atoms with Crippen molar-refractivity contribution in [2.45, 2.75) is 0 Å². The Bertz CT molecular complexity index is 345.